The maximum atomic E-state index is 13.1. The number of nitrogens with zero attached hydrogens (tertiary/aromatic N) is 1. The highest BCUT2D eigenvalue weighted by molar-refractivity contribution is 5.86. The van der Waals surface area contributed by atoms with E-state index in [0.717, 1.165) is 23.7 Å². The third-order valence-electron chi connectivity index (χ3n) is 4.26. The number of ether oxygens (including phenoxy) is 3. The quantitative estimate of drug-likeness (QED) is 0.516. The van der Waals surface area contributed by atoms with Crippen LogP contribution in [0.2, 0.25) is 0 Å². The standard InChI is InChI=1S/C19H27NO4/c1-5-6-7-10-13-20-15-12-9-8-11-14(15)17(22-2)16(18(20)21)19(23-3)24-4/h8-9,11-12,19H,5-7,10,13H2,1-4H3. The summed E-state index contributed by atoms with van der Waals surface area (Å²) in [7, 11) is 4.61. The van der Waals surface area contributed by atoms with Crippen LogP contribution in [0.5, 0.6) is 5.75 Å². The van der Waals surface area contributed by atoms with Gasteiger partial charge in [0.15, 0.2) is 6.29 Å². The zero-order chi connectivity index (χ0) is 17.5. The number of para-hydroxylation sites is 1. The zero-order valence-corrected chi connectivity index (χ0v) is 15.0. The van der Waals surface area contributed by atoms with E-state index in [2.05, 4.69) is 6.92 Å². The summed E-state index contributed by atoms with van der Waals surface area (Å²) in [5, 5.41) is 0.893. The normalized spacial score (nSPS) is 11.4. The van der Waals surface area contributed by atoms with Crippen LogP contribution in [-0.2, 0) is 16.0 Å². The zero-order valence-electron chi connectivity index (χ0n) is 15.0. The SMILES string of the molecule is CCCCCCn1c(=O)c(C(OC)OC)c(OC)c2ccccc21. The van der Waals surface area contributed by atoms with Crippen LogP contribution in [0.3, 0.4) is 0 Å². The molecular weight excluding hydrogens is 306 g/mol. The molecule has 0 bridgehead atoms. The monoisotopic (exact) mass is 333 g/mol. The molecule has 0 saturated carbocycles. The van der Waals surface area contributed by atoms with E-state index in [1.807, 2.05) is 28.8 Å². The van der Waals surface area contributed by atoms with Gasteiger partial charge in [-0.25, -0.2) is 0 Å². The minimum absolute atomic E-state index is 0.115. The van der Waals surface area contributed by atoms with Gasteiger partial charge in [-0.15, -0.1) is 0 Å². The molecule has 2 aromatic rings. The average molecular weight is 333 g/mol. The molecule has 132 valence electrons. The number of aryl methyl sites for hydroxylation is 1. The van der Waals surface area contributed by atoms with Crippen LogP contribution in [0.4, 0.5) is 0 Å². The minimum atomic E-state index is -0.751. The van der Waals surface area contributed by atoms with Gasteiger partial charge in [-0.2, -0.15) is 0 Å². The van der Waals surface area contributed by atoms with Crippen molar-refractivity contribution in [1.29, 1.82) is 0 Å². The number of hydrogen-bond acceptors (Lipinski definition) is 4. The van der Waals surface area contributed by atoms with Crippen LogP contribution in [0.15, 0.2) is 29.1 Å². The van der Waals surface area contributed by atoms with Crippen LogP contribution >= 0.6 is 0 Å². The van der Waals surface area contributed by atoms with Gasteiger partial charge in [-0.1, -0.05) is 38.3 Å². The number of hydrogen-bond donors (Lipinski definition) is 0. The Balaban J connectivity index is 2.62. The molecule has 0 atom stereocenters. The van der Waals surface area contributed by atoms with Crippen molar-refractivity contribution >= 4 is 10.9 Å². The predicted octanol–water partition coefficient (Wildman–Crippen LogP) is 3.88. The Kier molecular flexibility index (Phi) is 6.82. The highest BCUT2D eigenvalue weighted by atomic mass is 16.7. The number of fused-ring (bicyclic) bond motifs is 1. The van der Waals surface area contributed by atoms with Crippen LogP contribution in [-0.4, -0.2) is 25.9 Å². The molecular formula is C19H27NO4. The lowest BCUT2D eigenvalue weighted by Crippen LogP contribution is -2.28. The lowest BCUT2D eigenvalue weighted by Gasteiger charge is -2.21. The van der Waals surface area contributed by atoms with E-state index in [0.29, 0.717) is 17.9 Å². The Labute approximate surface area is 143 Å². The molecule has 0 radical (unpaired) electrons. The molecule has 0 spiro atoms. The molecule has 0 unspecified atom stereocenters. The first-order valence-corrected chi connectivity index (χ1v) is 8.44. The first-order chi connectivity index (χ1) is 11.7. The second-order valence-electron chi connectivity index (χ2n) is 5.78. The topological polar surface area (TPSA) is 49.7 Å². The molecule has 0 N–H and O–H groups in total. The van der Waals surface area contributed by atoms with E-state index in [9.17, 15) is 4.79 Å². The number of pyridine rings is 1. The molecule has 0 fully saturated rings. The van der Waals surface area contributed by atoms with Crippen molar-refractivity contribution < 1.29 is 14.2 Å². The average Bonchev–Trinajstić information content (AvgIpc) is 2.61. The lowest BCUT2D eigenvalue weighted by molar-refractivity contribution is -0.107. The van der Waals surface area contributed by atoms with Gasteiger partial charge in [0.2, 0.25) is 0 Å². The van der Waals surface area contributed by atoms with Crippen molar-refractivity contribution in [3.05, 3.63) is 40.2 Å². The Morgan fingerprint density at radius 3 is 2.38 bits per heavy atom. The van der Waals surface area contributed by atoms with Gasteiger partial charge in [-0.3, -0.25) is 4.79 Å². The van der Waals surface area contributed by atoms with Gasteiger partial charge >= 0.3 is 0 Å². The summed E-state index contributed by atoms with van der Waals surface area (Å²) in [6.07, 6.45) is 3.66. The van der Waals surface area contributed by atoms with E-state index in [1.165, 1.54) is 27.1 Å². The Bertz CT molecular complexity index is 719. The van der Waals surface area contributed by atoms with Crippen LogP contribution < -0.4 is 10.3 Å². The van der Waals surface area contributed by atoms with Crippen LogP contribution in [0.25, 0.3) is 10.9 Å². The third kappa shape index (κ3) is 3.62. The Morgan fingerprint density at radius 1 is 1.04 bits per heavy atom. The fraction of sp³-hybridized carbons (Fsp3) is 0.526. The van der Waals surface area contributed by atoms with Crippen molar-refractivity contribution in [2.45, 2.75) is 45.4 Å². The summed E-state index contributed by atoms with van der Waals surface area (Å²) in [6.45, 7) is 2.85. The van der Waals surface area contributed by atoms with E-state index in [-0.39, 0.29) is 5.56 Å². The Hall–Kier alpha value is -1.85. The van der Waals surface area contributed by atoms with E-state index in [1.54, 1.807) is 7.11 Å². The highest BCUT2D eigenvalue weighted by Gasteiger charge is 2.24. The summed E-state index contributed by atoms with van der Waals surface area (Å²) in [5.41, 5.74) is 1.18. The van der Waals surface area contributed by atoms with Gasteiger partial charge in [0.05, 0.1) is 12.6 Å². The summed E-state index contributed by atoms with van der Waals surface area (Å²) < 4.78 is 18.0. The first kappa shape index (κ1) is 18.5. The molecule has 1 aromatic carbocycles. The molecule has 5 heteroatoms. The van der Waals surface area contributed by atoms with E-state index >= 15 is 0 Å². The van der Waals surface area contributed by atoms with Crippen LogP contribution in [0.1, 0.15) is 44.5 Å². The number of methoxy groups -OCH3 is 3. The molecule has 0 aliphatic rings. The largest absolute Gasteiger partial charge is 0.495 e. The molecule has 5 nitrogen and oxygen atoms in total. The summed E-state index contributed by atoms with van der Waals surface area (Å²) in [5.74, 6) is 0.522. The second kappa shape index (κ2) is 8.85. The number of rotatable bonds is 9. The molecule has 0 amide bonds. The maximum absolute atomic E-state index is 13.1. The maximum Gasteiger partial charge on any atom is 0.263 e. The van der Waals surface area contributed by atoms with E-state index < -0.39 is 6.29 Å². The highest BCUT2D eigenvalue weighted by Crippen LogP contribution is 2.32. The fourth-order valence-electron chi connectivity index (χ4n) is 3.08. The van der Waals surface area contributed by atoms with Crippen molar-refractivity contribution in [2.75, 3.05) is 21.3 Å². The second-order valence-corrected chi connectivity index (χ2v) is 5.78. The Morgan fingerprint density at radius 2 is 1.75 bits per heavy atom. The third-order valence-corrected chi connectivity index (χ3v) is 4.26. The van der Waals surface area contributed by atoms with Gasteiger partial charge in [-0.05, 0) is 18.6 Å². The summed E-state index contributed by atoms with van der Waals surface area (Å²) in [4.78, 5) is 13.1. The van der Waals surface area contributed by atoms with Crippen molar-refractivity contribution in [1.82, 2.24) is 4.57 Å². The molecule has 2 rings (SSSR count). The van der Waals surface area contributed by atoms with Crippen molar-refractivity contribution in [2.24, 2.45) is 0 Å². The van der Waals surface area contributed by atoms with Gasteiger partial charge < -0.3 is 18.8 Å². The van der Waals surface area contributed by atoms with Crippen molar-refractivity contribution in [3.63, 3.8) is 0 Å². The molecule has 1 aromatic heterocycles. The van der Waals surface area contributed by atoms with Gasteiger partial charge in [0, 0.05) is 26.2 Å². The first-order valence-electron chi connectivity index (χ1n) is 8.44. The van der Waals surface area contributed by atoms with Gasteiger partial charge in [0.1, 0.15) is 11.3 Å². The molecule has 1 heterocycles. The molecule has 0 aliphatic carbocycles. The predicted molar refractivity (Wildman–Crippen MR) is 95.7 cm³/mol. The minimum Gasteiger partial charge on any atom is -0.495 e. The summed E-state index contributed by atoms with van der Waals surface area (Å²) in [6, 6.07) is 7.79. The molecule has 0 aliphatic heterocycles. The fourth-order valence-corrected chi connectivity index (χ4v) is 3.08. The summed E-state index contributed by atoms with van der Waals surface area (Å²) >= 11 is 0. The number of aromatic nitrogens is 1. The number of unbranched alkanes of at least 4 members (excludes halogenated alkanes) is 3. The molecule has 24 heavy (non-hydrogen) atoms. The molecule has 0 saturated heterocycles. The smallest absolute Gasteiger partial charge is 0.263 e. The number of benzene rings is 1. The van der Waals surface area contributed by atoms with Gasteiger partial charge in [0.25, 0.3) is 5.56 Å². The lowest BCUT2D eigenvalue weighted by atomic mass is 10.1. The van der Waals surface area contributed by atoms with Crippen LogP contribution in [0, 0.1) is 0 Å². The van der Waals surface area contributed by atoms with E-state index in [4.69, 9.17) is 14.2 Å². The van der Waals surface area contributed by atoms with Crippen molar-refractivity contribution in [3.8, 4) is 5.75 Å².